The topological polar surface area (TPSA) is 90.5 Å². The smallest absolute Gasteiger partial charge is 0.180 e. The van der Waals surface area contributed by atoms with Crippen molar-refractivity contribution < 1.29 is 4.42 Å². The molecule has 0 aliphatic carbocycles. The maximum absolute atomic E-state index is 6.38. The van der Waals surface area contributed by atoms with Crippen LogP contribution in [0.3, 0.4) is 0 Å². The Bertz CT molecular complexity index is 2500. The molecular formula is C40H24N6O. The van der Waals surface area contributed by atoms with Crippen molar-refractivity contribution in [3.63, 3.8) is 0 Å². The van der Waals surface area contributed by atoms with Gasteiger partial charge in [0.25, 0.3) is 0 Å². The van der Waals surface area contributed by atoms with Crippen LogP contribution in [0.2, 0.25) is 0 Å². The molecular weight excluding hydrogens is 580 g/mol. The maximum Gasteiger partial charge on any atom is 0.180 e. The highest BCUT2D eigenvalue weighted by molar-refractivity contribution is 6.07. The summed E-state index contributed by atoms with van der Waals surface area (Å²) in [7, 11) is 0. The molecule has 0 saturated heterocycles. The molecule has 7 nitrogen and oxygen atoms in total. The van der Waals surface area contributed by atoms with E-state index in [0.717, 1.165) is 55.2 Å². The van der Waals surface area contributed by atoms with Gasteiger partial charge in [0, 0.05) is 39.2 Å². The Balaban J connectivity index is 1.20. The zero-order valence-corrected chi connectivity index (χ0v) is 24.9. The van der Waals surface area contributed by atoms with Gasteiger partial charge in [-0.25, -0.2) is 24.9 Å². The number of hydrogen-bond acceptors (Lipinski definition) is 7. The predicted molar refractivity (Wildman–Crippen MR) is 185 cm³/mol. The highest BCUT2D eigenvalue weighted by Gasteiger charge is 2.20. The number of para-hydroxylation sites is 1. The summed E-state index contributed by atoms with van der Waals surface area (Å²) < 4.78 is 6.38. The fourth-order valence-electron chi connectivity index (χ4n) is 5.91. The lowest BCUT2D eigenvalue weighted by Crippen LogP contribution is -2.00. The molecule has 47 heavy (non-hydrogen) atoms. The van der Waals surface area contributed by atoms with E-state index in [9.17, 15) is 0 Å². The van der Waals surface area contributed by atoms with Gasteiger partial charge >= 0.3 is 0 Å². The standard InChI is InChI=1S/C40H24N6O/c1-3-12-27(13-4-1)37-44-38(28-14-5-2-6-15-28)46-39(45-37)29-21-19-26(20-22-29)33-36-34(31-17-9-10-18-32(31)47-36)43-40(42-33)35-30-16-8-7-11-25(30)23-24-41-35/h1-24H. The third-order valence-corrected chi connectivity index (χ3v) is 8.22. The van der Waals surface area contributed by atoms with E-state index in [-0.39, 0.29) is 0 Å². The van der Waals surface area contributed by atoms with Crippen LogP contribution < -0.4 is 0 Å². The zero-order chi connectivity index (χ0) is 31.2. The van der Waals surface area contributed by atoms with Crippen molar-refractivity contribution in [1.82, 2.24) is 29.9 Å². The summed E-state index contributed by atoms with van der Waals surface area (Å²) in [5.41, 5.74) is 7.12. The molecule has 0 aliphatic heterocycles. The van der Waals surface area contributed by atoms with Crippen LogP contribution in [0.15, 0.2) is 150 Å². The van der Waals surface area contributed by atoms with E-state index in [0.29, 0.717) is 34.6 Å². The molecule has 0 radical (unpaired) electrons. The molecule has 4 aromatic heterocycles. The maximum atomic E-state index is 6.38. The molecule has 4 heterocycles. The number of fused-ring (bicyclic) bond motifs is 4. The Labute approximate surface area is 269 Å². The first-order valence-corrected chi connectivity index (χ1v) is 15.3. The molecule has 220 valence electrons. The second kappa shape index (κ2) is 11.1. The average molecular weight is 605 g/mol. The van der Waals surface area contributed by atoms with Gasteiger partial charge in [0.1, 0.15) is 22.5 Å². The van der Waals surface area contributed by atoms with Crippen LogP contribution in [0.4, 0.5) is 0 Å². The van der Waals surface area contributed by atoms with Crippen LogP contribution in [0.25, 0.3) is 89.8 Å². The molecule has 0 N–H and O–H groups in total. The van der Waals surface area contributed by atoms with Crippen molar-refractivity contribution in [2.24, 2.45) is 0 Å². The van der Waals surface area contributed by atoms with Crippen LogP contribution >= 0.6 is 0 Å². The van der Waals surface area contributed by atoms with Gasteiger partial charge in [-0.2, -0.15) is 0 Å². The highest BCUT2D eigenvalue weighted by Crippen LogP contribution is 2.37. The molecule has 0 bridgehead atoms. The summed E-state index contributed by atoms with van der Waals surface area (Å²) in [6, 6.07) is 46.1. The van der Waals surface area contributed by atoms with Gasteiger partial charge in [-0.3, -0.25) is 4.98 Å². The first-order chi connectivity index (χ1) is 23.3. The van der Waals surface area contributed by atoms with Crippen molar-refractivity contribution in [3.05, 3.63) is 146 Å². The van der Waals surface area contributed by atoms with Crippen molar-refractivity contribution in [2.45, 2.75) is 0 Å². The van der Waals surface area contributed by atoms with Crippen molar-refractivity contribution in [2.75, 3.05) is 0 Å². The number of pyridine rings is 1. The van der Waals surface area contributed by atoms with Crippen molar-refractivity contribution in [1.29, 1.82) is 0 Å². The van der Waals surface area contributed by atoms with E-state index < -0.39 is 0 Å². The summed E-state index contributed by atoms with van der Waals surface area (Å²) in [4.78, 5) is 29.4. The van der Waals surface area contributed by atoms with Gasteiger partial charge < -0.3 is 4.42 Å². The Morgan fingerprint density at radius 1 is 0.383 bits per heavy atom. The first kappa shape index (κ1) is 26.8. The molecule has 0 atom stereocenters. The minimum absolute atomic E-state index is 0.539. The SMILES string of the molecule is c1ccc(-c2nc(-c3ccccc3)nc(-c3ccc(-c4nc(-c5nccc6ccccc56)nc5c4oc4ccccc45)cc3)n2)cc1. The number of benzene rings is 5. The summed E-state index contributed by atoms with van der Waals surface area (Å²) in [6.07, 6.45) is 1.80. The second-order valence-electron chi connectivity index (χ2n) is 11.2. The highest BCUT2D eigenvalue weighted by atomic mass is 16.3. The van der Waals surface area contributed by atoms with Gasteiger partial charge in [0.2, 0.25) is 0 Å². The Hall–Kier alpha value is -6.60. The average Bonchev–Trinajstić information content (AvgIpc) is 3.53. The minimum atomic E-state index is 0.539. The van der Waals surface area contributed by atoms with Gasteiger partial charge in [0.15, 0.2) is 28.9 Å². The molecule has 0 unspecified atom stereocenters. The molecule has 7 heteroatoms. The predicted octanol–water partition coefficient (Wildman–Crippen LogP) is 9.44. The minimum Gasteiger partial charge on any atom is -0.452 e. The van der Waals surface area contributed by atoms with E-state index in [1.165, 1.54) is 0 Å². The Morgan fingerprint density at radius 3 is 1.62 bits per heavy atom. The molecule has 0 fully saturated rings. The van der Waals surface area contributed by atoms with Crippen LogP contribution in [0, 0.1) is 0 Å². The normalized spacial score (nSPS) is 11.4. The fourth-order valence-corrected chi connectivity index (χ4v) is 5.91. The summed E-state index contributed by atoms with van der Waals surface area (Å²) >= 11 is 0. The number of hydrogen-bond donors (Lipinski definition) is 0. The van der Waals surface area contributed by atoms with Crippen LogP contribution in [-0.2, 0) is 0 Å². The number of rotatable bonds is 5. The second-order valence-corrected chi connectivity index (χ2v) is 11.2. The van der Waals surface area contributed by atoms with Gasteiger partial charge in [0.05, 0.1) is 0 Å². The first-order valence-electron chi connectivity index (χ1n) is 15.3. The molecule has 9 aromatic rings. The van der Waals surface area contributed by atoms with E-state index in [4.69, 9.17) is 34.3 Å². The summed E-state index contributed by atoms with van der Waals surface area (Å²) in [5.74, 6) is 2.36. The quantitative estimate of drug-likeness (QED) is 0.193. The van der Waals surface area contributed by atoms with Crippen LogP contribution in [-0.4, -0.2) is 29.9 Å². The van der Waals surface area contributed by atoms with Crippen molar-refractivity contribution >= 4 is 32.8 Å². The molecule has 5 aromatic carbocycles. The summed E-state index contributed by atoms with van der Waals surface area (Å²) in [5, 5.41) is 2.99. The fraction of sp³-hybridized carbons (Fsp3) is 0. The molecule has 9 rings (SSSR count). The van der Waals surface area contributed by atoms with Crippen LogP contribution in [0.5, 0.6) is 0 Å². The van der Waals surface area contributed by atoms with E-state index >= 15 is 0 Å². The Morgan fingerprint density at radius 2 is 0.936 bits per heavy atom. The van der Waals surface area contributed by atoms with E-state index in [1.54, 1.807) is 6.20 Å². The van der Waals surface area contributed by atoms with E-state index in [2.05, 4.69) is 12.1 Å². The Kier molecular flexibility index (Phi) is 6.31. The van der Waals surface area contributed by atoms with Gasteiger partial charge in [-0.1, -0.05) is 121 Å². The molecule has 0 saturated carbocycles. The monoisotopic (exact) mass is 604 g/mol. The molecule has 0 aliphatic rings. The molecule has 0 spiro atoms. The lowest BCUT2D eigenvalue weighted by molar-refractivity contribution is 0.667. The van der Waals surface area contributed by atoms with Gasteiger partial charge in [-0.05, 0) is 23.6 Å². The van der Waals surface area contributed by atoms with Crippen molar-refractivity contribution in [3.8, 4) is 56.9 Å². The lowest BCUT2D eigenvalue weighted by atomic mass is 10.1. The number of furan rings is 1. The number of nitrogens with zero attached hydrogens (tertiary/aromatic N) is 6. The van der Waals surface area contributed by atoms with Crippen LogP contribution in [0.1, 0.15) is 0 Å². The summed E-state index contributed by atoms with van der Waals surface area (Å²) in [6.45, 7) is 0. The zero-order valence-electron chi connectivity index (χ0n) is 24.9. The molecule has 0 amide bonds. The lowest BCUT2D eigenvalue weighted by Gasteiger charge is -2.10. The van der Waals surface area contributed by atoms with Gasteiger partial charge in [-0.15, -0.1) is 0 Å². The third-order valence-electron chi connectivity index (χ3n) is 8.22. The number of aromatic nitrogens is 6. The largest absolute Gasteiger partial charge is 0.452 e. The van der Waals surface area contributed by atoms with E-state index in [1.807, 2.05) is 127 Å². The third kappa shape index (κ3) is 4.78.